The molecule has 1 N–H and O–H groups in total. The van der Waals surface area contributed by atoms with E-state index in [2.05, 4.69) is 10.3 Å². The van der Waals surface area contributed by atoms with Crippen molar-refractivity contribution in [2.24, 2.45) is 7.05 Å². The minimum Gasteiger partial charge on any atom is -0.348 e. The van der Waals surface area contributed by atoms with Crippen LogP contribution in [0, 0.1) is 5.82 Å². The summed E-state index contributed by atoms with van der Waals surface area (Å²) in [7, 11) is 5.90. The van der Waals surface area contributed by atoms with Gasteiger partial charge in [0.15, 0.2) is 0 Å². The van der Waals surface area contributed by atoms with Crippen molar-refractivity contribution in [3.63, 3.8) is 0 Å². The van der Waals surface area contributed by atoms with E-state index in [0.717, 1.165) is 11.6 Å². The molecule has 0 aliphatic carbocycles. The molecule has 0 radical (unpaired) electrons. The van der Waals surface area contributed by atoms with E-state index in [0.29, 0.717) is 12.1 Å². The molecule has 1 aromatic carbocycles. The maximum Gasteiger partial charge on any atom is 0.204 e. The summed E-state index contributed by atoms with van der Waals surface area (Å²) in [6, 6.07) is 6.80. The number of nitrogens with zero attached hydrogens (tertiary/aromatic N) is 3. The van der Waals surface area contributed by atoms with Crippen molar-refractivity contribution in [1.29, 1.82) is 0 Å². The molecule has 0 bridgehead atoms. The highest BCUT2D eigenvalue weighted by Crippen LogP contribution is 2.17. The summed E-state index contributed by atoms with van der Waals surface area (Å²) in [4.78, 5) is 6.32. The Balaban J connectivity index is 2.04. The van der Waals surface area contributed by atoms with E-state index in [1.807, 2.05) is 55.9 Å². The van der Waals surface area contributed by atoms with Crippen LogP contribution in [0.5, 0.6) is 0 Å². The topological polar surface area (TPSA) is 33.1 Å². The first-order chi connectivity index (χ1) is 9.50. The Morgan fingerprint density at radius 1 is 1.35 bits per heavy atom. The molecule has 1 aromatic heterocycles. The Morgan fingerprint density at radius 2 is 2.05 bits per heavy atom. The smallest absolute Gasteiger partial charge is 0.204 e. The lowest BCUT2D eigenvalue weighted by Gasteiger charge is -2.16. The summed E-state index contributed by atoms with van der Waals surface area (Å²) in [6.07, 6.45) is 1.84. The summed E-state index contributed by atoms with van der Waals surface area (Å²) >= 11 is 0. The molecule has 4 nitrogen and oxygen atoms in total. The summed E-state index contributed by atoms with van der Waals surface area (Å²) in [5, 5.41) is 3.33. The first-order valence-electron chi connectivity index (χ1n) is 6.66. The predicted molar refractivity (Wildman–Crippen MR) is 79.2 cm³/mol. The van der Waals surface area contributed by atoms with Crippen LogP contribution in [-0.4, -0.2) is 23.6 Å². The van der Waals surface area contributed by atoms with Gasteiger partial charge in [0.25, 0.3) is 0 Å². The fraction of sp³-hybridized carbons (Fsp3) is 0.400. The van der Waals surface area contributed by atoms with Crippen LogP contribution >= 0.6 is 0 Å². The van der Waals surface area contributed by atoms with Gasteiger partial charge in [0.1, 0.15) is 5.82 Å². The molecule has 0 amide bonds. The quantitative estimate of drug-likeness (QED) is 0.910. The molecule has 108 valence electrons. The van der Waals surface area contributed by atoms with Crippen LogP contribution in [0.1, 0.15) is 24.2 Å². The van der Waals surface area contributed by atoms with Gasteiger partial charge in [-0.25, -0.2) is 9.37 Å². The number of anilines is 1. The average Bonchev–Trinajstić information content (AvgIpc) is 2.78. The fourth-order valence-electron chi connectivity index (χ4n) is 2.21. The SMILES string of the molecule is CC(NCc1cnc(N(C)C)n1C)c1ccccc1F. The number of aromatic nitrogens is 2. The van der Waals surface area contributed by atoms with E-state index in [1.165, 1.54) is 6.07 Å². The summed E-state index contributed by atoms with van der Waals surface area (Å²) in [6.45, 7) is 2.61. The lowest BCUT2D eigenvalue weighted by molar-refractivity contribution is 0.520. The Bertz CT molecular complexity index is 577. The fourth-order valence-corrected chi connectivity index (χ4v) is 2.21. The molecule has 0 spiro atoms. The average molecular weight is 276 g/mol. The number of halogens is 1. The van der Waals surface area contributed by atoms with Gasteiger partial charge in [0.05, 0.1) is 11.9 Å². The minimum absolute atomic E-state index is 0.0473. The maximum absolute atomic E-state index is 13.7. The van der Waals surface area contributed by atoms with Crippen molar-refractivity contribution >= 4 is 5.95 Å². The molecule has 2 rings (SSSR count). The van der Waals surface area contributed by atoms with Gasteiger partial charge in [0, 0.05) is 39.3 Å². The largest absolute Gasteiger partial charge is 0.348 e. The normalized spacial score (nSPS) is 12.4. The number of benzene rings is 1. The molecule has 0 fully saturated rings. The standard InChI is InChI=1S/C15H21FN4/c1-11(13-7-5-6-8-14(13)16)17-9-12-10-18-15(19(2)3)20(12)4/h5-8,10-11,17H,9H2,1-4H3. The van der Waals surface area contributed by atoms with Gasteiger partial charge in [-0.3, -0.25) is 0 Å². The number of hydrogen-bond donors (Lipinski definition) is 1. The number of imidazole rings is 1. The highest BCUT2D eigenvalue weighted by Gasteiger charge is 2.12. The summed E-state index contributed by atoms with van der Waals surface area (Å²) < 4.78 is 15.7. The Kier molecular flexibility index (Phi) is 4.39. The van der Waals surface area contributed by atoms with Crippen LogP contribution in [0.15, 0.2) is 30.5 Å². The third-order valence-corrected chi connectivity index (χ3v) is 3.42. The monoisotopic (exact) mass is 276 g/mol. The second-order valence-corrected chi connectivity index (χ2v) is 5.13. The molecule has 1 heterocycles. The van der Waals surface area contributed by atoms with Crippen LogP contribution in [0.3, 0.4) is 0 Å². The van der Waals surface area contributed by atoms with E-state index < -0.39 is 0 Å². The molecule has 0 aliphatic rings. The van der Waals surface area contributed by atoms with E-state index in [-0.39, 0.29) is 11.9 Å². The first kappa shape index (κ1) is 14.5. The zero-order valence-electron chi connectivity index (χ0n) is 12.4. The summed E-state index contributed by atoms with van der Waals surface area (Å²) in [5.41, 5.74) is 1.75. The Morgan fingerprint density at radius 3 is 2.65 bits per heavy atom. The molecular weight excluding hydrogens is 255 g/mol. The van der Waals surface area contributed by atoms with Gasteiger partial charge in [-0.05, 0) is 13.0 Å². The zero-order chi connectivity index (χ0) is 14.7. The Hall–Kier alpha value is -1.88. The van der Waals surface area contributed by atoms with Gasteiger partial charge in [-0.1, -0.05) is 18.2 Å². The van der Waals surface area contributed by atoms with Crippen molar-refractivity contribution in [3.05, 3.63) is 47.5 Å². The number of rotatable bonds is 5. The van der Waals surface area contributed by atoms with Crippen molar-refractivity contribution in [3.8, 4) is 0 Å². The van der Waals surface area contributed by atoms with Crippen molar-refractivity contribution in [2.75, 3.05) is 19.0 Å². The van der Waals surface area contributed by atoms with Gasteiger partial charge in [-0.2, -0.15) is 0 Å². The molecule has 1 unspecified atom stereocenters. The van der Waals surface area contributed by atoms with E-state index in [4.69, 9.17) is 0 Å². The van der Waals surface area contributed by atoms with Crippen LogP contribution < -0.4 is 10.2 Å². The molecule has 0 saturated heterocycles. The maximum atomic E-state index is 13.7. The van der Waals surface area contributed by atoms with E-state index in [9.17, 15) is 4.39 Å². The highest BCUT2D eigenvalue weighted by molar-refractivity contribution is 5.31. The number of hydrogen-bond acceptors (Lipinski definition) is 3. The summed E-state index contributed by atoms with van der Waals surface area (Å²) in [5.74, 6) is 0.729. The first-order valence-corrected chi connectivity index (χ1v) is 6.66. The third-order valence-electron chi connectivity index (χ3n) is 3.42. The predicted octanol–water partition coefficient (Wildman–Crippen LogP) is 2.48. The lowest BCUT2D eigenvalue weighted by Crippen LogP contribution is -2.21. The third kappa shape index (κ3) is 2.99. The van der Waals surface area contributed by atoms with Crippen LogP contribution in [0.2, 0.25) is 0 Å². The molecular formula is C15H21FN4. The molecule has 0 aliphatic heterocycles. The van der Waals surface area contributed by atoms with Crippen LogP contribution in [0.4, 0.5) is 10.3 Å². The highest BCUT2D eigenvalue weighted by atomic mass is 19.1. The van der Waals surface area contributed by atoms with Gasteiger partial charge in [0.2, 0.25) is 5.95 Å². The number of nitrogens with one attached hydrogen (secondary N) is 1. The van der Waals surface area contributed by atoms with Crippen LogP contribution in [-0.2, 0) is 13.6 Å². The minimum atomic E-state index is -0.175. The zero-order valence-corrected chi connectivity index (χ0v) is 12.4. The molecule has 1 atom stereocenters. The van der Waals surface area contributed by atoms with Gasteiger partial charge < -0.3 is 14.8 Å². The van der Waals surface area contributed by atoms with Crippen molar-refractivity contribution in [2.45, 2.75) is 19.5 Å². The van der Waals surface area contributed by atoms with Crippen molar-refractivity contribution in [1.82, 2.24) is 14.9 Å². The van der Waals surface area contributed by atoms with Crippen molar-refractivity contribution < 1.29 is 4.39 Å². The molecule has 20 heavy (non-hydrogen) atoms. The lowest BCUT2D eigenvalue weighted by atomic mass is 10.1. The van der Waals surface area contributed by atoms with Gasteiger partial charge in [-0.15, -0.1) is 0 Å². The molecule has 0 saturated carbocycles. The Labute approximate surface area is 119 Å². The molecule has 5 heteroatoms. The second-order valence-electron chi connectivity index (χ2n) is 5.13. The van der Waals surface area contributed by atoms with Crippen LogP contribution in [0.25, 0.3) is 0 Å². The van der Waals surface area contributed by atoms with E-state index in [1.54, 1.807) is 6.07 Å². The van der Waals surface area contributed by atoms with E-state index >= 15 is 0 Å². The van der Waals surface area contributed by atoms with Gasteiger partial charge >= 0.3 is 0 Å². The second kappa shape index (κ2) is 6.05. The molecule has 2 aromatic rings.